The van der Waals surface area contributed by atoms with Gasteiger partial charge in [-0.25, -0.2) is 4.98 Å². The minimum absolute atomic E-state index is 0. The number of halogens is 4. The molecule has 1 aromatic rings. The van der Waals surface area contributed by atoms with Gasteiger partial charge in [-0.3, -0.25) is 4.99 Å². The van der Waals surface area contributed by atoms with E-state index < -0.39 is 11.9 Å². The number of nitrogens with zero attached hydrogens (tertiary/aromatic N) is 2. The van der Waals surface area contributed by atoms with Crippen molar-refractivity contribution in [1.82, 2.24) is 15.6 Å². The summed E-state index contributed by atoms with van der Waals surface area (Å²) in [6, 6.07) is 0.209. The highest BCUT2D eigenvalue weighted by atomic mass is 127. The second-order valence-electron chi connectivity index (χ2n) is 6.93. The SMILES string of the molecule is CN=C(NCCc1nc(C(F)(F)F)cs1)NC1CC(C)(OC)C1(C)C.I. The largest absolute Gasteiger partial charge is 0.434 e. The molecule has 150 valence electrons. The molecule has 1 aromatic heterocycles. The lowest BCUT2D eigenvalue weighted by Crippen LogP contribution is -2.69. The second kappa shape index (κ2) is 8.59. The summed E-state index contributed by atoms with van der Waals surface area (Å²) in [4.78, 5) is 7.80. The Morgan fingerprint density at radius 2 is 2.08 bits per heavy atom. The number of rotatable bonds is 5. The van der Waals surface area contributed by atoms with Crippen molar-refractivity contribution >= 4 is 41.3 Å². The van der Waals surface area contributed by atoms with E-state index in [-0.39, 0.29) is 41.0 Å². The molecule has 0 radical (unpaired) electrons. The number of guanidine groups is 1. The number of aliphatic imine (C=N–C) groups is 1. The van der Waals surface area contributed by atoms with Crippen LogP contribution in [-0.2, 0) is 17.3 Å². The molecular formula is C16H26F3IN4OS. The molecule has 2 rings (SSSR count). The third-order valence-electron chi connectivity index (χ3n) is 5.29. The molecule has 1 fully saturated rings. The Kier molecular flexibility index (Phi) is 7.74. The van der Waals surface area contributed by atoms with Crippen molar-refractivity contribution in [2.75, 3.05) is 20.7 Å². The van der Waals surface area contributed by atoms with Crippen LogP contribution in [0.1, 0.15) is 37.9 Å². The highest BCUT2D eigenvalue weighted by Gasteiger charge is 2.58. The zero-order valence-corrected chi connectivity index (χ0v) is 18.7. The zero-order valence-electron chi connectivity index (χ0n) is 15.5. The molecule has 2 atom stereocenters. The van der Waals surface area contributed by atoms with Crippen molar-refractivity contribution in [3.05, 3.63) is 16.1 Å². The van der Waals surface area contributed by atoms with Gasteiger partial charge in [0.05, 0.1) is 10.6 Å². The molecule has 0 aromatic carbocycles. The van der Waals surface area contributed by atoms with Gasteiger partial charge < -0.3 is 15.4 Å². The molecule has 0 saturated heterocycles. The molecule has 1 aliphatic rings. The molecule has 0 bridgehead atoms. The maximum atomic E-state index is 12.5. The van der Waals surface area contributed by atoms with Crippen LogP contribution in [0.4, 0.5) is 13.2 Å². The average molecular weight is 506 g/mol. The highest BCUT2D eigenvalue weighted by molar-refractivity contribution is 14.0. The van der Waals surface area contributed by atoms with E-state index in [1.165, 1.54) is 0 Å². The lowest BCUT2D eigenvalue weighted by molar-refractivity contribution is -0.176. The predicted octanol–water partition coefficient (Wildman–Crippen LogP) is 3.69. The monoisotopic (exact) mass is 506 g/mol. The number of aromatic nitrogens is 1. The van der Waals surface area contributed by atoms with E-state index in [4.69, 9.17) is 4.74 Å². The van der Waals surface area contributed by atoms with Crippen LogP contribution in [0, 0.1) is 5.41 Å². The fourth-order valence-corrected chi connectivity index (χ4v) is 3.73. The van der Waals surface area contributed by atoms with Crippen molar-refractivity contribution < 1.29 is 17.9 Å². The number of ether oxygens (including phenoxy) is 1. The first-order valence-corrected chi connectivity index (χ1v) is 8.95. The van der Waals surface area contributed by atoms with Gasteiger partial charge in [-0.2, -0.15) is 13.2 Å². The van der Waals surface area contributed by atoms with Crippen LogP contribution in [0.25, 0.3) is 0 Å². The van der Waals surface area contributed by atoms with E-state index in [1.54, 1.807) is 14.2 Å². The number of hydrogen-bond acceptors (Lipinski definition) is 4. The van der Waals surface area contributed by atoms with Crippen LogP contribution in [0.2, 0.25) is 0 Å². The Labute approximate surface area is 173 Å². The highest BCUT2D eigenvalue weighted by Crippen LogP contribution is 2.51. The van der Waals surface area contributed by atoms with Gasteiger partial charge in [-0.15, -0.1) is 35.3 Å². The Balaban J connectivity index is 0.00000338. The van der Waals surface area contributed by atoms with Crippen molar-refractivity contribution in [3.63, 3.8) is 0 Å². The van der Waals surface area contributed by atoms with Crippen molar-refractivity contribution in [2.45, 2.75) is 51.4 Å². The van der Waals surface area contributed by atoms with Gasteiger partial charge in [0.15, 0.2) is 11.7 Å². The third kappa shape index (κ3) is 4.80. The summed E-state index contributed by atoms with van der Waals surface area (Å²) in [7, 11) is 3.38. The lowest BCUT2D eigenvalue weighted by atomic mass is 9.56. The average Bonchev–Trinajstić information content (AvgIpc) is 3.01. The van der Waals surface area contributed by atoms with E-state index in [0.717, 1.165) is 23.1 Å². The number of methoxy groups -OCH3 is 1. The molecule has 1 aliphatic carbocycles. The Hall–Kier alpha value is -0.620. The first-order valence-electron chi connectivity index (χ1n) is 8.07. The van der Waals surface area contributed by atoms with Crippen LogP contribution in [0.5, 0.6) is 0 Å². The first-order chi connectivity index (χ1) is 11.5. The molecule has 1 heterocycles. The summed E-state index contributed by atoms with van der Waals surface area (Å²) in [6.07, 6.45) is -3.12. The Morgan fingerprint density at radius 1 is 1.42 bits per heavy atom. The van der Waals surface area contributed by atoms with E-state index in [9.17, 15) is 13.2 Å². The Morgan fingerprint density at radius 3 is 2.54 bits per heavy atom. The number of hydrogen-bond donors (Lipinski definition) is 2. The molecule has 5 nitrogen and oxygen atoms in total. The van der Waals surface area contributed by atoms with Crippen molar-refractivity contribution in [2.24, 2.45) is 10.4 Å². The number of alkyl halides is 3. The molecule has 0 spiro atoms. The lowest BCUT2D eigenvalue weighted by Gasteiger charge is -2.59. The maximum Gasteiger partial charge on any atom is 0.434 e. The normalized spacial score (nSPS) is 25.2. The summed E-state index contributed by atoms with van der Waals surface area (Å²) in [5.74, 6) is 0.629. The molecule has 26 heavy (non-hydrogen) atoms. The van der Waals surface area contributed by atoms with E-state index >= 15 is 0 Å². The maximum absolute atomic E-state index is 12.5. The van der Waals surface area contributed by atoms with Crippen LogP contribution in [-0.4, -0.2) is 43.3 Å². The Bertz CT molecular complexity index is 635. The summed E-state index contributed by atoms with van der Waals surface area (Å²) in [6.45, 7) is 6.82. The van der Waals surface area contributed by atoms with E-state index in [0.29, 0.717) is 23.9 Å². The van der Waals surface area contributed by atoms with Gasteiger partial charge in [-0.1, -0.05) is 13.8 Å². The molecule has 0 aliphatic heterocycles. The summed E-state index contributed by atoms with van der Waals surface area (Å²) < 4.78 is 43.3. The quantitative estimate of drug-likeness (QED) is 0.364. The molecule has 2 unspecified atom stereocenters. The van der Waals surface area contributed by atoms with Gasteiger partial charge in [0.25, 0.3) is 0 Å². The fraction of sp³-hybridized carbons (Fsp3) is 0.750. The van der Waals surface area contributed by atoms with Gasteiger partial charge in [-0.05, 0) is 13.3 Å². The summed E-state index contributed by atoms with van der Waals surface area (Å²) in [5, 5.41) is 7.99. The molecular weight excluding hydrogens is 480 g/mol. The van der Waals surface area contributed by atoms with Gasteiger partial charge in [0.1, 0.15) is 0 Å². The third-order valence-corrected chi connectivity index (χ3v) is 6.19. The zero-order chi connectivity index (χ0) is 18.9. The fourth-order valence-electron chi connectivity index (χ4n) is 2.93. The smallest absolute Gasteiger partial charge is 0.378 e. The first kappa shape index (κ1) is 23.4. The molecule has 10 heteroatoms. The minimum atomic E-state index is -4.39. The standard InChI is InChI=1S/C16H25F3N4OS.HI/c1-14(2)10(8-15(14,3)24-5)23-13(20-4)21-7-6-12-22-11(9-25-12)16(17,18)19;/h9-10H,6-8H2,1-5H3,(H2,20,21,23);1H. The number of thiazole rings is 1. The van der Waals surface area contributed by atoms with E-state index in [2.05, 4.69) is 41.4 Å². The molecule has 1 saturated carbocycles. The predicted molar refractivity (Wildman–Crippen MR) is 108 cm³/mol. The second-order valence-corrected chi connectivity index (χ2v) is 7.87. The molecule has 0 amide bonds. The number of nitrogens with one attached hydrogen (secondary N) is 2. The van der Waals surface area contributed by atoms with Crippen molar-refractivity contribution in [3.8, 4) is 0 Å². The summed E-state index contributed by atoms with van der Waals surface area (Å²) >= 11 is 1.02. The van der Waals surface area contributed by atoms with Crippen LogP contribution in [0.15, 0.2) is 10.4 Å². The molecule has 2 N–H and O–H groups in total. The van der Waals surface area contributed by atoms with Crippen molar-refractivity contribution in [1.29, 1.82) is 0 Å². The van der Waals surface area contributed by atoms with Gasteiger partial charge >= 0.3 is 6.18 Å². The summed E-state index contributed by atoms with van der Waals surface area (Å²) in [5.41, 5.74) is -1.07. The topological polar surface area (TPSA) is 58.5 Å². The van der Waals surface area contributed by atoms with Crippen LogP contribution < -0.4 is 10.6 Å². The van der Waals surface area contributed by atoms with Gasteiger partial charge in [0, 0.05) is 44.0 Å². The van der Waals surface area contributed by atoms with E-state index in [1.807, 2.05) is 0 Å². The van der Waals surface area contributed by atoms with Gasteiger partial charge in [0.2, 0.25) is 0 Å². The van der Waals surface area contributed by atoms with Crippen LogP contribution >= 0.6 is 35.3 Å². The van der Waals surface area contributed by atoms with Crippen LogP contribution in [0.3, 0.4) is 0 Å². The minimum Gasteiger partial charge on any atom is -0.378 e.